The highest BCUT2D eigenvalue weighted by Crippen LogP contribution is 2.27. The minimum absolute atomic E-state index is 0.306. The van der Waals surface area contributed by atoms with Crippen LogP contribution < -0.4 is 5.73 Å². The Kier molecular flexibility index (Phi) is 4.19. The molecule has 0 aromatic carbocycles. The summed E-state index contributed by atoms with van der Waals surface area (Å²) in [6.07, 6.45) is 5.45. The molecule has 2 aromatic heterocycles. The SMILES string of the molecule is CCCc1nc(-c2cncn2C(C)C)nc(N)c1Br. The predicted molar refractivity (Wildman–Crippen MR) is 79.7 cm³/mol. The molecule has 0 aliphatic carbocycles. The van der Waals surface area contributed by atoms with Crippen molar-refractivity contribution < 1.29 is 0 Å². The van der Waals surface area contributed by atoms with Gasteiger partial charge in [0.05, 0.1) is 22.7 Å². The number of hydrogen-bond acceptors (Lipinski definition) is 4. The van der Waals surface area contributed by atoms with Gasteiger partial charge in [-0.25, -0.2) is 15.0 Å². The lowest BCUT2D eigenvalue weighted by atomic mass is 10.2. The maximum atomic E-state index is 5.96. The first-order chi connectivity index (χ1) is 9.04. The van der Waals surface area contributed by atoms with Gasteiger partial charge >= 0.3 is 0 Å². The fraction of sp³-hybridized carbons (Fsp3) is 0.462. The van der Waals surface area contributed by atoms with E-state index in [9.17, 15) is 0 Å². The molecule has 2 N–H and O–H groups in total. The van der Waals surface area contributed by atoms with Crippen molar-refractivity contribution in [2.45, 2.75) is 39.7 Å². The Labute approximate surface area is 121 Å². The first kappa shape index (κ1) is 14.0. The predicted octanol–water partition coefficient (Wildman–Crippen LogP) is 3.22. The lowest BCUT2D eigenvalue weighted by Crippen LogP contribution is -2.07. The van der Waals surface area contributed by atoms with Gasteiger partial charge in [-0.2, -0.15) is 0 Å². The fourth-order valence-electron chi connectivity index (χ4n) is 1.92. The molecule has 2 heterocycles. The zero-order valence-corrected chi connectivity index (χ0v) is 13.0. The molecule has 0 saturated heterocycles. The summed E-state index contributed by atoms with van der Waals surface area (Å²) in [5.41, 5.74) is 7.80. The number of rotatable bonds is 4. The van der Waals surface area contributed by atoms with Gasteiger partial charge in [0.15, 0.2) is 5.82 Å². The third-order valence-corrected chi connectivity index (χ3v) is 3.75. The number of nitrogen functional groups attached to an aromatic ring is 1. The lowest BCUT2D eigenvalue weighted by Gasteiger charge is -2.12. The van der Waals surface area contributed by atoms with E-state index < -0.39 is 0 Å². The number of anilines is 1. The molecule has 0 aliphatic heterocycles. The van der Waals surface area contributed by atoms with E-state index in [0.717, 1.165) is 28.7 Å². The molecule has 0 spiro atoms. The molecule has 5 nitrogen and oxygen atoms in total. The molecule has 0 atom stereocenters. The maximum absolute atomic E-state index is 5.96. The number of aryl methyl sites for hydroxylation is 1. The second-order valence-electron chi connectivity index (χ2n) is 4.72. The van der Waals surface area contributed by atoms with Crippen LogP contribution >= 0.6 is 15.9 Å². The van der Waals surface area contributed by atoms with E-state index in [1.807, 2.05) is 4.57 Å². The van der Waals surface area contributed by atoms with Crippen LogP contribution in [0.15, 0.2) is 17.0 Å². The number of hydrogen-bond donors (Lipinski definition) is 1. The van der Waals surface area contributed by atoms with Crippen LogP contribution in [-0.4, -0.2) is 19.5 Å². The molecule has 2 rings (SSSR count). The minimum Gasteiger partial charge on any atom is -0.383 e. The van der Waals surface area contributed by atoms with E-state index in [1.165, 1.54) is 0 Å². The van der Waals surface area contributed by atoms with Crippen LogP contribution in [0.3, 0.4) is 0 Å². The average molecular weight is 324 g/mol. The molecule has 6 heteroatoms. The monoisotopic (exact) mass is 323 g/mol. The topological polar surface area (TPSA) is 69.6 Å². The summed E-state index contributed by atoms with van der Waals surface area (Å²) in [6, 6.07) is 0.306. The van der Waals surface area contributed by atoms with E-state index in [0.29, 0.717) is 17.7 Å². The summed E-state index contributed by atoms with van der Waals surface area (Å²) in [4.78, 5) is 13.1. The molecule has 0 fully saturated rings. The highest BCUT2D eigenvalue weighted by atomic mass is 79.9. The number of halogens is 1. The summed E-state index contributed by atoms with van der Waals surface area (Å²) in [7, 11) is 0. The van der Waals surface area contributed by atoms with E-state index >= 15 is 0 Å². The van der Waals surface area contributed by atoms with E-state index in [-0.39, 0.29) is 0 Å². The van der Waals surface area contributed by atoms with Crippen LogP contribution in [0.25, 0.3) is 11.5 Å². The Morgan fingerprint density at radius 1 is 1.37 bits per heavy atom. The smallest absolute Gasteiger partial charge is 0.180 e. The zero-order chi connectivity index (χ0) is 14.0. The molecular formula is C13H18BrN5. The first-order valence-corrected chi connectivity index (χ1v) is 7.18. The molecule has 0 saturated carbocycles. The van der Waals surface area contributed by atoms with Crippen molar-refractivity contribution in [2.75, 3.05) is 5.73 Å². The Morgan fingerprint density at radius 2 is 2.11 bits per heavy atom. The van der Waals surface area contributed by atoms with Crippen LogP contribution in [-0.2, 0) is 6.42 Å². The van der Waals surface area contributed by atoms with Crippen LogP contribution in [0.5, 0.6) is 0 Å². The maximum Gasteiger partial charge on any atom is 0.180 e. The highest BCUT2D eigenvalue weighted by molar-refractivity contribution is 9.10. The van der Waals surface area contributed by atoms with Crippen LogP contribution in [0.1, 0.15) is 38.9 Å². The van der Waals surface area contributed by atoms with Crippen LogP contribution in [0, 0.1) is 0 Å². The number of nitrogens with two attached hydrogens (primary N) is 1. The van der Waals surface area contributed by atoms with Gasteiger partial charge in [0.1, 0.15) is 11.5 Å². The fourth-order valence-corrected chi connectivity index (χ4v) is 2.29. The van der Waals surface area contributed by atoms with Gasteiger partial charge < -0.3 is 10.3 Å². The molecule has 0 radical (unpaired) electrons. The zero-order valence-electron chi connectivity index (χ0n) is 11.4. The summed E-state index contributed by atoms with van der Waals surface area (Å²) >= 11 is 3.45. The van der Waals surface area contributed by atoms with Crippen molar-refractivity contribution in [3.63, 3.8) is 0 Å². The van der Waals surface area contributed by atoms with Gasteiger partial charge in [0, 0.05) is 6.04 Å². The molecule has 2 aromatic rings. The van der Waals surface area contributed by atoms with E-state index in [4.69, 9.17) is 5.73 Å². The van der Waals surface area contributed by atoms with Crippen molar-refractivity contribution in [1.29, 1.82) is 0 Å². The summed E-state index contributed by atoms with van der Waals surface area (Å²) in [5.74, 6) is 1.11. The number of imidazole rings is 1. The highest BCUT2D eigenvalue weighted by Gasteiger charge is 2.15. The third kappa shape index (κ3) is 2.78. The van der Waals surface area contributed by atoms with Gasteiger partial charge in [-0.15, -0.1) is 0 Å². The summed E-state index contributed by atoms with van der Waals surface area (Å²) in [6.45, 7) is 6.31. The minimum atomic E-state index is 0.306. The Morgan fingerprint density at radius 3 is 2.74 bits per heavy atom. The number of aromatic nitrogens is 4. The molecule has 0 bridgehead atoms. The van der Waals surface area contributed by atoms with Crippen molar-refractivity contribution in [1.82, 2.24) is 19.5 Å². The second-order valence-corrected chi connectivity index (χ2v) is 5.52. The van der Waals surface area contributed by atoms with Gasteiger partial charge in [0.25, 0.3) is 0 Å². The standard InChI is InChI=1S/C13H18BrN5/c1-4-5-9-11(14)12(15)18-13(17-9)10-6-16-7-19(10)8(2)3/h6-8H,4-5H2,1-3H3,(H2,15,17,18). The van der Waals surface area contributed by atoms with Gasteiger partial charge in [-0.3, -0.25) is 0 Å². The van der Waals surface area contributed by atoms with Crippen LogP contribution in [0.2, 0.25) is 0 Å². The van der Waals surface area contributed by atoms with Gasteiger partial charge in [-0.05, 0) is 36.2 Å². The van der Waals surface area contributed by atoms with Crippen molar-refractivity contribution in [2.24, 2.45) is 0 Å². The molecule has 0 unspecified atom stereocenters. The Balaban J connectivity index is 2.53. The van der Waals surface area contributed by atoms with E-state index in [1.54, 1.807) is 12.5 Å². The first-order valence-electron chi connectivity index (χ1n) is 6.38. The molecular weight excluding hydrogens is 306 g/mol. The molecule has 0 amide bonds. The van der Waals surface area contributed by atoms with Gasteiger partial charge in [0.2, 0.25) is 0 Å². The summed E-state index contributed by atoms with van der Waals surface area (Å²) in [5, 5.41) is 0. The third-order valence-electron chi connectivity index (χ3n) is 2.88. The lowest BCUT2D eigenvalue weighted by molar-refractivity contribution is 0.603. The number of nitrogens with zero attached hydrogens (tertiary/aromatic N) is 4. The van der Waals surface area contributed by atoms with Crippen molar-refractivity contribution >= 4 is 21.7 Å². The molecule has 19 heavy (non-hydrogen) atoms. The Bertz CT molecular complexity index is 576. The largest absolute Gasteiger partial charge is 0.383 e. The normalized spacial score (nSPS) is 11.2. The van der Waals surface area contributed by atoms with Crippen molar-refractivity contribution in [3.05, 3.63) is 22.7 Å². The Hall–Kier alpha value is -1.43. The average Bonchev–Trinajstić information content (AvgIpc) is 2.84. The van der Waals surface area contributed by atoms with E-state index in [2.05, 4.69) is 51.7 Å². The van der Waals surface area contributed by atoms with Crippen molar-refractivity contribution in [3.8, 4) is 11.5 Å². The molecule has 0 aliphatic rings. The summed E-state index contributed by atoms with van der Waals surface area (Å²) < 4.78 is 2.84. The van der Waals surface area contributed by atoms with Crippen LogP contribution in [0.4, 0.5) is 5.82 Å². The van der Waals surface area contributed by atoms with Gasteiger partial charge in [-0.1, -0.05) is 13.3 Å². The quantitative estimate of drug-likeness (QED) is 0.937. The molecule has 102 valence electrons. The second kappa shape index (κ2) is 5.69.